The van der Waals surface area contributed by atoms with Crippen LogP contribution >= 0.6 is 0 Å². The summed E-state index contributed by atoms with van der Waals surface area (Å²) >= 11 is 0. The Morgan fingerprint density at radius 1 is 0.286 bits per heavy atom. The highest BCUT2D eigenvalue weighted by Crippen LogP contribution is 2.46. The summed E-state index contributed by atoms with van der Waals surface area (Å²) < 4.78 is 6.40. The standard InChI is InChI=1S/C54H35NO/c1-3-13-36(14-4-1)38-23-28-41(29-24-38)55(42-30-25-39(26-31-42)37-15-5-2-6-16-37)50-21-11-9-17-43(50)40-27-32-45-44-18-7-8-19-46(44)53-47(49(45)35-40)33-34-52-54(53)48-20-10-12-22-51(48)56-52/h1-35H. The number of rotatable bonds is 6. The molecule has 0 atom stereocenters. The normalized spacial score (nSPS) is 11.6. The molecule has 0 aliphatic carbocycles. The SMILES string of the molecule is c1ccc(-c2ccc(N(c3ccc(-c4ccccc4)cc3)c3ccccc3-c3ccc4c5ccccc5c5c(ccc6oc7ccccc7c65)c4c3)cc2)cc1. The van der Waals surface area contributed by atoms with Gasteiger partial charge in [-0.2, -0.15) is 0 Å². The van der Waals surface area contributed by atoms with Crippen molar-refractivity contribution < 1.29 is 4.42 Å². The first-order valence-corrected chi connectivity index (χ1v) is 19.2. The molecule has 10 aromatic carbocycles. The van der Waals surface area contributed by atoms with Crippen molar-refractivity contribution in [1.29, 1.82) is 0 Å². The average Bonchev–Trinajstić information content (AvgIpc) is 3.67. The fourth-order valence-corrected chi connectivity index (χ4v) is 8.63. The third-order valence-electron chi connectivity index (χ3n) is 11.3. The Kier molecular flexibility index (Phi) is 7.53. The van der Waals surface area contributed by atoms with Crippen molar-refractivity contribution in [2.75, 3.05) is 4.90 Å². The molecule has 0 bridgehead atoms. The van der Waals surface area contributed by atoms with Crippen LogP contribution in [0.2, 0.25) is 0 Å². The zero-order chi connectivity index (χ0) is 37.0. The number of para-hydroxylation sites is 2. The summed E-state index contributed by atoms with van der Waals surface area (Å²) in [6.07, 6.45) is 0. The Balaban J connectivity index is 1.12. The van der Waals surface area contributed by atoms with Crippen LogP contribution in [0.3, 0.4) is 0 Å². The second-order valence-corrected chi connectivity index (χ2v) is 14.4. The fraction of sp³-hybridized carbons (Fsp3) is 0. The molecule has 0 radical (unpaired) electrons. The van der Waals surface area contributed by atoms with Crippen LogP contribution in [-0.4, -0.2) is 0 Å². The lowest BCUT2D eigenvalue weighted by atomic mass is 9.90. The van der Waals surface area contributed by atoms with Crippen LogP contribution in [0, 0.1) is 0 Å². The van der Waals surface area contributed by atoms with Crippen LogP contribution in [0.25, 0.3) is 87.6 Å². The number of nitrogens with zero attached hydrogens (tertiary/aromatic N) is 1. The Morgan fingerprint density at radius 2 is 0.768 bits per heavy atom. The smallest absolute Gasteiger partial charge is 0.136 e. The lowest BCUT2D eigenvalue weighted by Crippen LogP contribution is -2.11. The zero-order valence-electron chi connectivity index (χ0n) is 30.6. The number of furan rings is 1. The Labute approximate surface area is 325 Å². The number of fused-ring (bicyclic) bond motifs is 10. The predicted molar refractivity (Wildman–Crippen MR) is 237 cm³/mol. The molecule has 0 saturated carbocycles. The first kappa shape index (κ1) is 32.0. The third kappa shape index (κ3) is 5.26. The van der Waals surface area contributed by atoms with Crippen molar-refractivity contribution in [3.8, 4) is 33.4 Å². The number of hydrogen-bond acceptors (Lipinski definition) is 2. The quantitative estimate of drug-likeness (QED) is 0.160. The number of benzene rings is 10. The Bertz CT molecular complexity index is 3130. The maximum absolute atomic E-state index is 6.40. The van der Waals surface area contributed by atoms with Gasteiger partial charge in [0.15, 0.2) is 0 Å². The molecule has 0 fully saturated rings. The molecule has 0 N–H and O–H groups in total. The largest absolute Gasteiger partial charge is 0.456 e. The molecule has 0 unspecified atom stereocenters. The van der Waals surface area contributed by atoms with Gasteiger partial charge in [-0.05, 0) is 109 Å². The van der Waals surface area contributed by atoms with Gasteiger partial charge in [0.25, 0.3) is 0 Å². The molecule has 1 heterocycles. The number of anilines is 3. The van der Waals surface area contributed by atoms with E-state index in [4.69, 9.17) is 4.42 Å². The molecule has 0 spiro atoms. The van der Waals surface area contributed by atoms with E-state index in [1.807, 2.05) is 6.07 Å². The minimum absolute atomic E-state index is 0.913. The molecule has 11 aromatic rings. The van der Waals surface area contributed by atoms with Gasteiger partial charge in [-0.1, -0.05) is 158 Å². The summed E-state index contributed by atoms with van der Waals surface area (Å²) in [4.78, 5) is 2.39. The highest BCUT2D eigenvalue weighted by atomic mass is 16.3. The van der Waals surface area contributed by atoms with Crippen molar-refractivity contribution in [3.05, 3.63) is 212 Å². The molecule has 2 heteroatoms. The van der Waals surface area contributed by atoms with E-state index in [0.29, 0.717) is 0 Å². The van der Waals surface area contributed by atoms with Gasteiger partial charge in [-0.15, -0.1) is 0 Å². The van der Waals surface area contributed by atoms with Gasteiger partial charge in [0.05, 0.1) is 5.69 Å². The summed E-state index contributed by atoms with van der Waals surface area (Å²) in [7, 11) is 0. The van der Waals surface area contributed by atoms with Gasteiger partial charge >= 0.3 is 0 Å². The molecule has 0 aliphatic heterocycles. The average molecular weight is 714 g/mol. The maximum Gasteiger partial charge on any atom is 0.136 e. The molecule has 0 aliphatic rings. The molecule has 56 heavy (non-hydrogen) atoms. The first-order chi connectivity index (χ1) is 27.8. The molecule has 0 amide bonds. The van der Waals surface area contributed by atoms with Crippen LogP contribution in [0.1, 0.15) is 0 Å². The highest BCUT2D eigenvalue weighted by molar-refractivity contribution is 6.34. The van der Waals surface area contributed by atoms with Gasteiger partial charge in [0.1, 0.15) is 11.2 Å². The lowest BCUT2D eigenvalue weighted by Gasteiger charge is -2.28. The van der Waals surface area contributed by atoms with E-state index in [0.717, 1.165) is 44.7 Å². The van der Waals surface area contributed by atoms with Crippen LogP contribution in [0.4, 0.5) is 17.1 Å². The first-order valence-electron chi connectivity index (χ1n) is 19.2. The summed E-state index contributed by atoms with van der Waals surface area (Å²) in [5.74, 6) is 0. The Hall–Kier alpha value is -7.42. The molecule has 11 rings (SSSR count). The summed E-state index contributed by atoms with van der Waals surface area (Å²) in [5, 5.41) is 9.73. The van der Waals surface area contributed by atoms with Gasteiger partial charge in [0, 0.05) is 33.1 Å². The molecule has 0 saturated heterocycles. The van der Waals surface area contributed by atoms with Gasteiger partial charge in [-0.3, -0.25) is 0 Å². The minimum atomic E-state index is 0.913. The van der Waals surface area contributed by atoms with Gasteiger partial charge < -0.3 is 9.32 Å². The minimum Gasteiger partial charge on any atom is -0.456 e. The summed E-state index contributed by atoms with van der Waals surface area (Å²) in [6, 6.07) is 76.4. The van der Waals surface area contributed by atoms with Crippen molar-refractivity contribution in [1.82, 2.24) is 0 Å². The van der Waals surface area contributed by atoms with E-state index in [9.17, 15) is 0 Å². The molecular formula is C54H35NO. The van der Waals surface area contributed by atoms with Crippen LogP contribution in [-0.2, 0) is 0 Å². The predicted octanol–water partition coefficient (Wildman–Crippen LogP) is 15.5. The molecule has 262 valence electrons. The highest BCUT2D eigenvalue weighted by Gasteiger charge is 2.20. The van der Waals surface area contributed by atoms with Crippen LogP contribution in [0.15, 0.2) is 217 Å². The van der Waals surface area contributed by atoms with E-state index >= 15 is 0 Å². The topological polar surface area (TPSA) is 16.4 Å². The van der Waals surface area contributed by atoms with E-state index in [1.165, 1.54) is 60.0 Å². The van der Waals surface area contributed by atoms with Crippen molar-refractivity contribution in [2.24, 2.45) is 0 Å². The van der Waals surface area contributed by atoms with E-state index in [-0.39, 0.29) is 0 Å². The van der Waals surface area contributed by atoms with Crippen molar-refractivity contribution >= 4 is 71.3 Å². The molecule has 1 aromatic heterocycles. The lowest BCUT2D eigenvalue weighted by molar-refractivity contribution is 0.669. The van der Waals surface area contributed by atoms with Gasteiger partial charge in [-0.25, -0.2) is 0 Å². The van der Waals surface area contributed by atoms with Crippen molar-refractivity contribution in [3.63, 3.8) is 0 Å². The summed E-state index contributed by atoms with van der Waals surface area (Å²) in [6.45, 7) is 0. The van der Waals surface area contributed by atoms with E-state index in [1.54, 1.807) is 0 Å². The zero-order valence-corrected chi connectivity index (χ0v) is 30.6. The number of hydrogen-bond donors (Lipinski definition) is 0. The Morgan fingerprint density at radius 3 is 1.45 bits per heavy atom. The van der Waals surface area contributed by atoms with Crippen LogP contribution < -0.4 is 4.90 Å². The monoisotopic (exact) mass is 713 g/mol. The van der Waals surface area contributed by atoms with Crippen LogP contribution in [0.5, 0.6) is 0 Å². The third-order valence-corrected chi connectivity index (χ3v) is 11.3. The molecule has 2 nitrogen and oxygen atoms in total. The summed E-state index contributed by atoms with van der Waals surface area (Å²) in [5.41, 5.74) is 12.2. The van der Waals surface area contributed by atoms with Gasteiger partial charge in [0.2, 0.25) is 0 Å². The maximum atomic E-state index is 6.40. The second kappa shape index (κ2) is 13.2. The van der Waals surface area contributed by atoms with E-state index in [2.05, 4.69) is 211 Å². The van der Waals surface area contributed by atoms with Crippen molar-refractivity contribution in [2.45, 2.75) is 0 Å². The fourth-order valence-electron chi connectivity index (χ4n) is 8.63. The second-order valence-electron chi connectivity index (χ2n) is 14.4. The molecular weight excluding hydrogens is 679 g/mol. The van der Waals surface area contributed by atoms with E-state index < -0.39 is 0 Å².